The fourth-order valence-corrected chi connectivity index (χ4v) is 2.12. The van der Waals surface area contributed by atoms with E-state index in [0.717, 1.165) is 23.8 Å². The molecule has 2 aromatic heterocycles. The van der Waals surface area contributed by atoms with Crippen LogP contribution in [0.25, 0.3) is 0 Å². The molecule has 5 heteroatoms. The van der Waals surface area contributed by atoms with Gasteiger partial charge in [-0.1, -0.05) is 0 Å². The standard InChI is InChI=1S/C12H19N5/c1-5-17-10(8-9(2)15-17)11(13-3)12-14-6-7-16(12)4/h6-8,11,13H,5H2,1-4H3. The van der Waals surface area contributed by atoms with Gasteiger partial charge in [0.15, 0.2) is 0 Å². The van der Waals surface area contributed by atoms with Gasteiger partial charge in [0.2, 0.25) is 0 Å². The number of hydrogen-bond acceptors (Lipinski definition) is 3. The third-order valence-electron chi connectivity index (χ3n) is 2.93. The zero-order chi connectivity index (χ0) is 12.4. The summed E-state index contributed by atoms with van der Waals surface area (Å²) in [4.78, 5) is 4.41. The minimum atomic E-state index is 0.0798. The van der Waals surface area contributed by atoms with Gasteiger partial charge >= 0.3 is 0 Å². The molecule has 0 fully saturated rings. The van der Waals surface area contributed by atoms with Crippen molar-refractivity contribution in [3.63, 3.8) is 0 Å². The van der Waals surface area contributed by atoms with Gasteiger partial charge in [-0.05, 0) is 27.0 Å². The van der Waals surface area contributed by atoms with Crippen molar-refractivity contribution in [2.24, 2.45) is 7.05 Å². The summed E-state index contributed by atoms with van der Waals surface area (Å²) in [6.45, 7) is 4.98. The van der Waals surface area contributed by atoms with Crippen LogP contribution in [0.15, 0.2) is 18.5 Å². The number of hydrogen-bond donors (Lipinski definition) is 1. The van der Waals surface area contributed by atoms with Crippen molar-refractivity contribution < 1.29 is 0 Å². The van der Waals surface area contributed by atoms with E-state index in [0.29, 0.717) is 0 Å². The van der Waals surface area contributed by atoms with Crippen LogP contribution < -0.4 is 5.32 Å². The Morgan fingerprint density at radius 2 is 2.24 bits per heavy atom. The largest absolute Gasteiger partial charge is 0.336 e. The molecule has 0 bridgehead atoms. The third-order valence-corrected chi connectivity index (χ3v) is 2.93. The van der Waals surface area contributed by atoms with Gasteiger partial charge in [0.05, 0.1) is 11.4 Å². The Hall–Kier alpha value is -1.62. The van der Waals surface area contributed by atoms with Gasteiger partial charge in [0.1, 0.15) is 11.9 Å². The van der Waals surface area contributed by atoms with Crippen LogP contribution in [-0.2, 0) is 13.6 Å². The smallest absolute Gasteiger partial charge is 0.131 e. The Bertz CT molecular complexity index is 497. The van der Waals surface area contributed by atoms with Crippen LogP contribution in [0.3, 0.4) is 0 Å². The summed E-state index contributed by atoms with van der Waals surface area (Å²) in [6, 6.07) is 2.19. The van der Waals surface area contributed by atoms with Crippen molar-refractivity contribution in [3.05, 3.63) is 35.7 Å². The van der Waals surface area contributed by atoms with Crippen LogP contribution >= 0.6 is 0 Å². The lowest BCUT2D eigenvalue weighted by molar-refractivity contribution is 0.534. The predicted octanol–water partition coefficient (Wildman–Crippen LogP) is 1.25. The van der Waals surface area contributed by atoms with E-state index in [1.54, 1.807) is 0 Å². The minimum absolute atomic E-state index is 0.0798. The topological polar surface area (TPSA) is 47.7 Å². The molecule has 0 saturated carbocycles. The first-order chi connectivity index (χ1) is 8.17. The van der Waals surface area contributed by atoms with Crippen LogP contribution in [-0.4, -0.2) is 26.4 Å². The summed E-state index contributed by atoms with van der Waals surface area (Å²) in [5.41, 5.74) is 2.19. The molecule has 92 valence electrons. The van der Waals surface area contributed by atoms with Crippen molar-refractivity contribution in [2.45, 2.75) is 26.4 Å². The summed E-state index contributed by atoms with van der Waals surface area (Å²) in [5, 5.41) is 7.78. The van der Waals surface area contributed by atoms with Crippen molar-refractivity contribution in [1.29, 1.82) is 0 Å². The molecule has 1 N–H and O–H groups in total. The van der Waals surface area contributed by atoms with Crippen molar-refractivity contribution in [3.8, 4) is 0 Å². The lowest BCUT2D eigenvalue weighted by Crippen LogP contribution is -2.24. The van der Waals surface area contributed by atoms with Crippen LogP contribution in [0, 0.1) is 6.92 Å². The Balaban J connectivity index is 2.45. The second-order valence-corrected chi connectivity index (χ2v) is 4.14. The van der Waals surface area contributed by atoms with E-state index in [-0.39, 0.29) is 6.04 Å². The molecule has 2 aromatic rings. The lowest BCUT2D eigenvalue weighted by Gasteiger charge is -2.17. The van der Waals surface area contributed by atoms with Crippen LogP contribution in [0.5, 0.6) is 0 Å². The first-order valence-electron chi connectivity index (χ1n) is 5.86. The molecule has 0 aliphatic carbocycles. The van der Waals surface area contributed by atoms with Gasteiger partial charge in [0, 0.05) is 26.0 Å². The Kier molecular flexibility index (Phi) is 3.28. The van der Waals surface area contributed by atoms with Gasteiger partial charge in [-0.15, -0.1) is 0 Å². The van der Waals surface area contributed by atoms with E-state index < -0.39 is 0 Å². The zero-order valence-corrected chi connectivity index (χ0v) is 10.8. The molecule has 0 aromatic carbocycles. The number of nitrogens with one attached hydrogen (secondary N) is 1. The zero-order valence-electron chi connectivity index (χ0n) is 10.8. The predicted molar refractivity (Wildman–Crippen MR) is 66.7 cm³/mol. The van der Waals surface area contributed by atoms with E-state index in [1.807, 2.05) is 42.7 Å². The fourth-order valence-electron chi connectivity index (χ4n) is 2.12. The van der Waals surface area contributed by atoms with Gasteiger partial charge in [-0.3, -0.25) is 4.68 Å². The Labute approximate surface area is 101 Å². The fraction of sp³-hybridized carbons (Fsp3) is 0.500. The molecule has 5 nitrogen and oxygen atoms in total. The Morgan fingerprint density at radius 3 is 2.76 bits per heavy atom. The second-order valence-electron chi connectivity index (χ2n) is 4.14. The van der Waals surface area contributed by atoms with E-state index in [9.17, 15) is 0 Å². The maximum Gasteiger partial charge on any atom is 0.131 e. The van der Waals surface area contributed by atoms with Crippen molar-refractivity contribution in [1.82, 2.24) is 24.6 Å². The van der Waals surface area contributed by atoms with E-state index in [2.05, 4.69) is 28.4 Å². The summed E-state index contributed by atoms with van der Waals surface area (Å²) in [6.07, 6.45) is 3.78. The normalized spacial score (nSPS) is 12.9. The summed E-state index contributed by atoms with van der Waals surface area (Å²) < 4.78 is 4.05. The van der Waals surface area contributed by atoms with Crippen molar-refractivity contribution in [2.75, 3.05) is 7.05 Å². The first kappa shape index (κ1) is 11.9. The molecule has 0 aliphatic heterocycles. The molecule has 0 aliphatic rings. The molecular formula is C12H19N5. The maximum absolute atomic E-state index is 4.48. The summed E-state index contributed by atoms with van der Waals surface area (Å²) in [7, 11) is 3.95. The summed E-state index contributed by atoms with van der Waals surface area (Å²) >= 11 is 0. The lowest BCUT2D eigenvalue weighted by atomic mass is 10.2. The number of aromatic nitrogens is 4. The Morgan fingerprint density at radius 1 is 1.47 bits per heavy atom. The highest BCUT2D eigenvalue weighted by Gasteiger charge is 2.20. The molecule has 1 unspecified atom stereocenters. The third kappa shape index (κ3) is 2.10. The highest BCUT2D eigenvalue weighted by molar-refractivity contribution is 5.20. The van der Waals surface area contributed by atoms with E-state index >= 15 is 0 Å². The molecule has 0 radical (unpaired) electrons. The quantitative estimate of drug-likeness (QED) is 0.864. The van der Waals surface area contributed by atoms with E-state index in [1.165, 1.54) is 0 Å². The molecule has 1 atom stereocenters. The number of imidazole rings is 1. The molecule has 2 rings (SSSR count). The molecule has 0 spiro atoms. The van der Waals surface area contributed by atoms with Crippen LogP contribution in [0.4, 0.5) is 0 Å². The SMILES string of the molecule is CCn1nc(C)cc1C(NC)c1nccn1C. The van der Waals surface area contributed by atoms with E-state index in [4.69, 9.17) is 0 Å². The number of rotatable bonds is 4. The summed E-state index contributed by atoms with van der Waals surface area (Å²) in [5.74, 6) is 1.00. The molecule has 17 heavy (non-hydrogen) atoms. The average molecular weight is 233 g/mol. The van der Waals surface area contributed by atoms with Gasteiger partial charge in [-0.25, -0.2) is 4.98 Å². The van der Waals surface area contributed by atoms with Crippen LogP contribution in [0.2, 0.25) is 0 Å². The van der Waals surface area contributed by atoms with Gasteiger partial charge < -0.3 is 9.88 Å². The minimum Gasteiger partial charge on any atom is -0.336 e. The molecule has 0 saturated heterocycles. The van der Waals surface area contributed by atoms with Crippen LogP contribution in [0.1, 0.15) is 30.2 Å². The second kappa shape index (κ2) is 4.71. The average Bonchev–Trinajstić information content (AvgIpc) is 2.88. The molecule has 2 heterocycles. The number of nitrogens with zero attached hydrogens (tertiary/aromatic N) is 4. The first-order valence-corrected chi connectivity index (χ1v) is 5.86. The maximum atomic E-state index is 4.48. The monoisotopic (exact) mass is 233 g/mol. The molecule has 0 amide bonds. The number of aryl methyl sites for hydroxylation is 3. The van der Waals surface area contributed by atoms with Gasteiger partial charge in [-0.2, -0.15) is 5.10 Å². The molecular weight excluding hydrogens is 214 g/mol. The van der Waals surface area contributed by atoms with Crippen molar-refractivity contribution >= 4 is 0 Å². The van der Waals surface area contributed by atoms with Gasteiger partial charge in [0.25, 0.3) is 0 Å². The highest BCUT2D eigenvalue weighted by Crippen LogP contribution is 2.20. The highest BCUT2D eigenvalue weighted by atomic mass is 15.3.